The zero-order chi connectivity index (χ0) is 18.7. The van der Waals surface area contributed by atoms with Gasteiger partial charge in [-0.25, -0.2) is 0 Å². The van der Waals surface area contributed by atoms with Crippen LogP contribution < -0.4 is 5.56 Å². The molecule has 0 aliphatic heterocycles. The summed E-state index contributed by atoms with van der Waals surface area (Å²) in [6, 6.07) is 6.59. The first-order valence-electron chi connectivity index (χ1n) is 7.49. The number of nitrogens with zero attached hydrogens (tertiary/aromatic N) is 4. The number of pyridine rings is 1. The van der Waals surface area contributed by atoms with E-state index in [-0.39, 0.29) is 40.2 Å². The Balaban J connectivity index is 2.62. The maximum atomic E-state index is 12.7. The Morgan fingerprint density at radius 2 is 2.00 bits per heavy atom. The zero-order valence-corrected chi connectivity index (χ0v) is 15.4. The van der Waals surface area contributed by atoms with E-state index in [9.17, 15) is 15.2 Å². The highest BCUT2D eigenvalue weighted by Gasteiger charge is 2.19. The van der Waals surface area contributed by atoms with Gasteiger partial charge in [0.25, 0.3) is 5.56 Å². The second-order valence-electron chi connectivity index (χ2n) is 5.89. The van der Waals surface area contributed by atoms with Gasteiger partial charge in [-0.2, -0.15) is 5.26 Å². The number of hydrogen-bond acceptors (Lipinski definition) is 5. The van der Waals surface area contributed by atoms with Gasteiger partial charge in [-0.3, -0.25) is 9.36 Å². The summed E-state index contributed by atoms with van der Waals surface area (Å²) in [5.41, 5.74) is 0.0691. The van der Waals surface area contributed by atoms with Crippen molar-refractivity contribution in [2.24, 2.45) is 16.1 Å². The van der Waals surface area contributed by atoms with Crippen LogP contribution in [0.5, 0.6) is 5.88 Å². The molecule has 1 aromatic heterocycles. The Morgan fingerprint density at radius 1 is 1.32 bits per heavy atom. The molecular weight excluding hydrogens is 363 g/mol. The van der Waals surface area contributed by atoms with Gasteiger partial charge < -0.3 is 5.11 Å². The van der Waals surface area contributed by atoms with Crippen molar-refractivity contribution >= 4 is 34.6 Å². The standard InChI is InChI=1S/C17H16Cl2N4O2/c1-9(2)8-23-16(24)12(7-20)10(3)15(17(23)25)22-21-14-5-4-11(18)6-13(14)19/h4-6,9,24H,8H2,1-3H3. The summed E-state index contributed by atoms with van der Waals surface area (Å²) in [4.78, 5) is 12.7. The monoisotopic (exact) mass is 378 g/mol. The minimum Gasteiger partial charge on any atom is -0.493 e. The van der Waals surface area contributed by atoms with Crippen LogP contribution in [0, 0.1) is 24.2 Å². The number of nitriles is 1. The van der Waals surface area contributed by atoms with Crippen LogP contribution in [0.2, 0.25) is 10.0 Å². The molecule has 0 aliphatic rings. The molecule has 8 heteroatoms. The molecule has 0 unspecified atom stereocenters. The highest BCUT2D eigenvalue weighted by Crippen LogP contribution is 2.31. The molecule has 2 aromatic rings. The van der Waals surface area contributed by atoms with Crippen LogP contribution in [0.4, 0.5) is 11.4 Å². The maximum absolute atomic E-state index is 12.7. The van der Waals surface area contributed by atoms with Gasteiger partial charge in [0.1, 0.15) is 17.3 Å². The van der Waals surface area contributed by atoms with Crippen LogP contribution in [0.1, 0.15) is 25.0 Å². The van der Waals surface area contributed by atoms with E-state index in [0.717, 1.165) is 4.57 Å². The summed E-state index contributed by atoms with van der Waals surface area (Å²) in [6.45, 7) is 5.58. The SMILES string of the molecule is Cc1c(C#N)c(O)n(CC(C)C)c(=O)c1N=Nc1ccc(Cl)cc1Cl. The average Bonchev–Trinajstić information content (AvgIpc) is 2.53. The van der Waals surface area contributed by atoms with Crippen molar-refractivity contribution in [3.8, 4) is 11.9 Å². The smallest absolute Gasteiger partial charge is 0.281 e. The molecule has 0 fully saturated rings. The first-order valence-corrected chi connectivity index (χ1v) is 8.25. The van der Waals surface area contributed by atoms with Crippen molar-refractivity contribution in [1.82, 2.24) is 4.57 Å². The normalized spacial score (nSPS) is 11.2. The number of aromatic nitrogens is 1. The highest BCUT2D eigenvalue weighted by molar-refractivity contribution is 6.36. The van der Waals surface area contributed by atoms with Crippen LogP contribution in [-0.4, -0.2) is 9.67 Å². The van der Waals surface area contributed by atoms with Crippen LogP contribution in [0.15, 0.2) is 33.2 Å². The molecule has 2 rings (SSSR count). The lowest BCUT2D eigenvalue weighted by atomic mass is 10.1. The molecule has 1 heterocycles. The van der Waals surface area contributed by atoms with Crippen LogP contribution >= 0.6 is 23.2 Å². The second-order valence-corrected chi connectivity index (χ2v) is 6.73. The molecule has 0 amide bonds. The number of halogens is 2. The summed E-state index contributed by atoms with van der Waals surface area (Å²) >= 11 is 11.9. The van der Waals surface area contributed by atoms with E-state index >= 15 is 0 Å². The fraction of sp³-hybridized carbons (Fsp3) is 0.294. The third kappa shape index (κ3) is 4.01. The van der Waals surface area contributed by atoms with E-state index in [1.54, 1.807) is 12.1 Å². The van der Waals surface area contributed by atoms with Crippen molar-refractivity contribution in [3.63, 3.8) is 0 Å². The molecule has 0 spiro atoms. The summed E-state index contributed by atoms with van der Waals surface area (Å²) < 4.78 is 1.13. The van der Waals surface area contributed by atoms with Crippen LogP contribution in [0.3, 0.4) is 0 Å². The second kappa shape index (κ2) is 7.68. The quantitative estimate of drug-likeness (QED) is 0.748. The largest absolute Gasteiger partial charge is 0.493 e. The molecule has 1 N–H and O–H groups in total. The summed E-state index contributed by atoms with van der Waals surface area (Å²) in [5, 5.41) is 28.2. The van der Waals surface area contributed by atoms with Crippen LogP contribution in [-0.2, 0) is 6.54 Å². The Kier molecular flexibility index (Phi) is 5.83. The predicted octanol–water partition coefficient (Wildman–Crippen LogP) is 5.11. The molecule has 0 radical (unpaired) electrons. The molecule has 25 heavy (non-hydrogen) atoms. The Morgan fingerprint density at radius 3 is 2.56 bits per heavy atom. The van der Waals surface area contributed by atoms with E-state index < -0.39 is 5.56 Å². The molecule has 130 valence electrons. The Bertz CT molecular complexity index is 943. The van der Waals surface area contributed by atoms with Gasteiger partial charge in [0, 0.05) is 17.1 Å². The van der Waals surface area contributed by atoms with Crippen molar-refractivity contribution in [2.75, 3.05) is 0 Å². The van der Waals surface area contributed by atoms with Gasteiger partial charge in [0.15, 0.2) is 5.69 Å². The molecule has 0 aliphatic carbocycles. The van der Waals surface area contributed by atoms with Gasteiger partial charge in [-0.05, 0) is 31.0 Å². The molecule has 0 bridgehead atoms. The van der Waals surface area contributed by atoms with Gasteiger partial charge in [0.2, 0.25) is 5.88 Å². The number of hydrogen-bond donors (Lipinski definition) is 1. The molecular formula is C17H16Cl2N4O2. The molecule has 0 atom stereocenters. The van der Waals surface area contributed by atoms with Gasteiger partial charge in [-0.15, -0.1) is 10.2 Å². The van der Waals surface area contributed by atoms with E-state index in [4.69, 9.17) is 23.2 Å². The maximum Gasteiger partial charge on any atom is 0.281 e. The minimum atomic E-state index is -0.517. The third-order valence-corrected chi connectivity index (χ3v) is 4.02. The lowest BCUT2D eigenvalue weighted by Crippen LogP contribution is -2.24. The van der Waals surface area contributed by atoms with Gasteiger partial charge in [0.05, 0.1) is 5.02 Å². The number of azo groups is 1. The van der Waals surface area contributed by atoms with Gasteiger partial charge in [-0.1, -0.05) is 37.0 Å². The van der Waals surface area contributed by atoms with E-state index in [0.29, 0.717) is 10.7 Å². The van der Waals surface area contributed by atoms with Crippen molar-refractivity contribution in [3.05, 3.63) is 49.7 Å². The summed E-state index contributed by atoms with van der Waals surface area (Å²) in [6.07, 6.45) is 0. The molecule has 0 saturated heterocycles. The van der Waals surface area contributed by atoms with Crippen molar-refractivity contribution < 1.29 is 5.11 Å². The molecule has 1 aromatic carbocycles. The topological polar surface area (TPSA) is 90.7 Å². The van der Waals surface area contributed by atoms with Crippen LogP contribution in [0.25, 0.3) is 0 Å². The average molecular weight is 379 g/mol. The Hall–Kier alpha value is -2.36. The number of rotatable bonds is 4. The Labute approximate surface area is 155 Å². The van der Waals surface area contributed by atoms with E-state index in [1.807, 2.05) is 19.9 Å². The van der Waals surface area contributed by atoms with E-state index in [1.165, 1.54) is 13.0 Å². The zero-order valence-electron chi connectivity index (χ0n) is 13.9. The lowest BCUT2D eigenvalue weighted by molar-refractivity contribution is 0.381. The fourth-order valence-corrected chi connectivity index (χ4v) is 2.70. The highest BCUT2D eigenvalue weighted by atomic mass is 35.5. The third-order valence-electron chi connectivity index (χ3n) is 3.48. The predicted molar refractivity (Wildman–Crippen MR) is 97.3 cm³/mol. The number of benzene rings is 1. The summed E-state index contributed by atoms with van der Waals surface area (Å²) in [7, 11) is 0. The van der Waals surface area contributed by atoms with Crippen molar-refractivity contribution in [1.29, 1.82) is 5.26 Å². The molecule has 6 nitrogen and oxygen atoms in total. The first kappa shape index (κ1) is 19.0. The molecule has 0 saturated carbocycles. The van der Waals surface area contributed by atoms with Gasteiger partial charge >= 0.3 is 0 Å². The first-order chi connectivity index (χ1) is 11.8. The summed E-state index contributed by atoms with van der Waals surface area (Å²) in [5.74, 6) is -0.268. The number of aromatic hydroxyl groups is 1. The lowest BCUT2D eigenvalue weighted by Gasteiger charge is -2.14. The minimum absolute atomic E-state index is 0.00333. The van der Waals surface area contributed by atoms with Crippen molar-refractivity contribution in [2.45, 2.75) is 27.3 Å². The van der Waals surface area contributed by atoms with E-state index in [2.05, 4.69) is 10.2 Å². The fourth-order valence-electron chi connectivity index (χ4n) is 2.26.